The number of hydrogen-bond donors (Lipinski definition) is 1. The van der Waals surface area contributed by atoms with E-state index in [9.17, 15) is 9.90 Å². The SMILES string of the molecule is O=C(O)C(Cc1ccccc1)c1ccc(Cl)cc1. The zero-order valence-electron chi connectivity index (χ0n) is 9.71. The molecule has 2 rings (SSSR count). The Morgan fingerprint density at radius 1 is 1.06 bits per heavy atom. The lowest BCUT2D eigenvalue weighted by Crippen LogP contribution is -2.14. The minimum atomic E-state index is -0.818. The minimum Gasteiger partial charge on any atom is -0.481 e. The average molecular weight is 261 g/mol. The second kappa shape index (κ2) is 5.69. The van der Waals surface area contributed by atoms with Crippen LogP contribution in [0.15, 0.2) is 54.6 Å². The molecule has 0 spiro atoms. The maximum atomic E-state index is 11.4. The van der Waals surface area contributed by atoms with Gasteiger partial charge < -0.3 is 5.11 Å². The summed E-state index contributed by atoms with van der Waals surface area (Å²) in [6.45, 7) is 0. The van der Waals surface area contributed by atoms with Crippen LogP contribution in [-0.2, 0) is 11.2 Å². The number of aliphatic carboxylic acids is 1. The summed E-state index contributed by atoms with van der Waals surface area (Å²) in [5.41, 5.74) is 1.79. The number of carbonyl (C=O) groups is 1. The molecule has 0 saturated carbocycles. The third kappa shape index (κ3) is 3.11. The van der Waals surface area contributed by atoms with Crippen LogP contribution in [0.25, 0.3) is 0 Å². The van der Waals surface area contributed by atoms with Crippen LogP contribution in [0.3, 0.4) is 0 Å². The molecule has 1 atom stereocenters. The van der Waals surface area contributed by atoms with Gasteiger partial charge in [-0.15, -0.1) is 0 Å². The molecule has 1 unspecified atom stereocenters. The summed E-state index contributed by atoms with van der Waals surface area (Å²) < 4.78 is 0. The summed E-state index contributed by atoms with van der Waals surface area (Å²) in [5, 5.41) is 9.94. The second-order valence-electron chi connectivity index (χ2n) is 4.13. The van der Waals surface area contributed by atoms with Crippen molar-refractivity contribution in [3.8, 4) is 0 Å². The lowest BCUT2D eigenvalue weighted by Gasteiger charge is -2.13. The molecule has 0 saturated heterocycles. The van der Waals surface area contributed by atoms with Gasteiger partial charge in [0, 0.05) is 5.02 Å². The fourth-order valence-corrected chi connectivity index (χ4v) is 2.02. The zero-order valence-corrected chi connectivity index (χ0v) is 10.5. The summed E-state index contributed by atoms with van der Waals surface area (Å²) in [6.07, 6.45) is 0.484. The molecular weight excluding hydrogens is 248 g/mol. The van der Waals surface area contributed by atoms with Crippen molar-refractivity contribution >= 4 is 17.6 Å². The van der Waals surface area contributed by atoms with Crippen LogP contribution < -0.4 is 0 Å². The van der Waals surface area contributed by atoms with Crippen LogP contribution in [-0.4, -0.2) is 11.1 Å². The first-order valence-corrected chi connectivity index (χ1v) is 6.07. The van der Waals surface area contributed by atoms with E-state index in [2.05, 4.69) is 0 Å². The van der Waals surface area contributed by atoms with Crippen molar-refractivity contribution in [2.45, 2.75) is 12.3 Å². The molecule has 0 aliphatic rings. The predicted octanol–water partition coefficient (Wildman–Crippen LogP) is 3.75. The Labute approximate surface area is 111 Å². The first-order chi connectivity index (χ1) is 8.66. The predicted molar refractivity (Wildman–Crippen MR) is 72.0 cm³/mol. The van der Waals surface area contributed by atoms with Crippen LogP contribution in [0.2, 0.25) is 5.02 Å². The average Bonchev–Trinajstić information content (AvgIpc) is 2.38. The zero-order chi connectivity index (χ0) is 13.0. The Morgan fingerprint density at radius 2 is 1.67 bits per heavy atom. The number of benzene rings is 2. The maximum Gasteiger partial charge on any atom is 0.311 e. The molecular formula is C15H13ClO2. The molecule has 0 bridgehead atoms. The Bertz CT molecular complexity index is 520. The fraction of sp³-hybridized carbons (Fsp3) is 0.133. The highest BCUT2D eigenvalue weighted by atomic mass is 35.5. The number of hydrogen-bond acceptors (Lipinski definition) is 1. The van der Waals surface area contributed by atoms with Crippen molar-refractivity contribution in [1.82, 2.24) is 0 Å². The van der Waals surface area contributed by atoms with Gasteiger partial charge in [0.25, 0.3) is 0 Å². The van der Waals surface area contributed by atoms with Crippen LogP contribution in [0.5, 0.6) is 0 Å². The number of halogens is 1. The van der Waals surface area contributed by atoms with Crippen molar-refractivity contribution in [3.63, 3.8) is 0 Å². The number of rotatable bonds is 4. The number of carboxylic acid groups (broad SMARTS) is 1. The van der Waals surface area contributed by atoms with Gasteiger partial charge in [0.05, 0.1) is 5.92 Å². The Morgan fingerprint density at radius 3 is 2.22 bits per heavy atom. The summed E-state index contributed by atoms with van der Waals surface area (Å²) >= 11 is 5.81. The molecule has 0 radical (unpaired) electrons. The molecule has 0 aliphatic heterocycles. The van der Waals surface area contributed by atoms with Crippen LogP contribution in [0, 0.1) is 0 Å². The van der Waals surface area contributed by atoms with E-state index in [1.54, 1.807) is 24.3 Å². The van der Waals surface area contributed by atoms with Gasteiger partial charge in [0.1, 0.15) is 0 Å². The van der Waals surface area contributed by atoms with Gasteiger partial charge in [0.15, 0.2) is 0 Å². The summed E-state index contributed by atoms with van der Waals surface area (Å²) in [6, 6.07) is 16.6. The molecule has 0 aromatic heterocycles. The first kappa shape index (κ1) is 12.7. The second-order valence-corrected chi connectivity index (χ2v) is 4.57. The van der Waals surface area contributed by atoms with Crippen LogP contribution in [0.1, 0.15) is 17.0 Å². The van der Waals surface area contributed by atoms with Gasteiger partial charge in [-0.1, -0.05) is 54.1 Å². The topological polar surface area (TPSA) is 37.3 Å². The van der Waals surface area contributed by atoms with Crippen molar-refractivity contribution in [2.75, 3.05) is 0 Å². The highest BCUT2D eigenvalue weighted by Crippen LogP contribution is 2.23. The van der Waals surface area contributed by atoms with Crippen LogP contribution >= 0.6 is 11.6 Å². The first-order valence-electron chi connectivity index (χ1n) is 5.69. The van der Waals surface area contributed by atoms with E-state index in [4.69, 9.17) is 11.6 Å². The Kier molecular flexibility index (Phi) is 4.00. The smallest absolute Gasteiger partial charge is 0.311 e. The highest BCUT2D eigenvalue weighted by molar-refractivity contribution is 6.30. The fourth-order valence-electron chi connectivity index (χ4n) is 1.89. The van der Waals surface area contributed by atoms with Gasteiger partial charge in [-0.2, -0.15) is 0 Å². The van der Waals surface area contributed by atoms with E-state index in [-0.39, 0.29) is 0 Å². The van der Waals surface area contributed by atoms with Gasteiger partial charge in [0.2, 0.25) is 0 Å². The molecule has 0 aliphatic carbocycles. The molecule has 18 heavy (non-hydrogen) atoms. The molecule has 92 valence electrons. The van der Waals surface area contributed by atoms with E-state index in [1.165, 1.54) is 0 Å². The quantitative estimate of drug-likeness (QED) is 0.909. The largest absolute Gasteiger partial charge is 0.481 e. The monoisotopic (exact) mass is 260 g/mol. The molecule has 1 N–H and O–H groups in total. The molecule has 2 aromatic carbocycles. The van der Waals surface area contributed by atoms with Crippen molar-refractivity contribution in [3.05, 3.63) is 70.7 Å². The van der Waals surface area contributed by atoms with Gasteiger partial charge in [-0.3, -0.25) is 4.79 Å². The Hall–Kier alpha value is -1.80. The Balaban J connectivity index is 2.24. The van der Waals surface area contributed by atoms with E-state index < -0.39 is 11.9 Å². The lowest BCUT2D eigenvalue weighted by atomic mass is 9.92. The van der Waals surface area contributed by atoms with E-state index >= 15 is 0 Å². The molecule has 0 fully saturated rings. The third-order valence-corrected chi connectivity index (χ3v) is 3.11. The highest BCUT2D eigenvalue weighted by Gasteiger charge is 2.19. The van der Waals surface area contributed by atoms with Gasteiger partial charge >= 0.3 is 5.97 Å². The van der Waals surface area contributed by atoms with Crippen molar-refractivity contribution in [2.24, 2.45) is 0 Å². The summed E-state index contributed by atoms with van der Waals surface area (Å²) in [4.78, 5) is 11.4. The summed E-state index contributed by atoms with van der Waals surface area (Å²) in [5.74, 6) is -1.36. The summed E-state index contributed by atoms with van der Waals surface area (Å²) in [7, 11) is 0. The van der Waals surface area contributed by atoms with Gasteiger partial charge in [-0.05, 0) is 29.7 Å². The van der Waals surface area contributed by atoms with Gasteiger partial charge in [-0.25, -0.2) is 0 Å². The molecule has 0 heterocycles. The normalized spacial score (nSPS) is 12.1. The van der Waals surface area contributed by atoms with Crippen molar-refractivity contribution in [1.29, 1.82) is 0 Å². The minimum absolute atomic E-state index is 0.484. The molecule has 0 amide bonds. The standard InChI is InChI=1S/C15H13ClO2/c16-13-8-6-12(7-9-13)14(15(17)18)10-11-4-2-1-3-5-11/h1-9,14H,10H2,(H,17,18). The van der Waals surface area contributed by atoms with E-state index in [0.29, 0.717) is 11.4 Å². The number of carboxylic acids is 1. The third-order valence-electron chi connectivity index (χ3n) is 2.85. The molecule has 2 aromatic rings. The van der Waals surface area contributed by atoms with E-state index in [1.807, 2.05) is 30.3 Å². The van der Waals surface area contributed by atoms with E-state index in [0.717, 1.165) is 11.1 Å². The maximum absolute atomic E-state index is 11.4. The van der Waals surface area contributed by atoms with Crippen molar-refractivity contribution < 1.29 is 9.90 Å². The molecule has 3 heteroatoms. The lowest BCUT2D eigenvalue weighted by molar-refractivity contribution is -0.138. The van der Waals surface area contributed by atoms with Crippen LogP contribution in [0.4, 0.5) is 0 Å². The molecule has 2 nitrogen and oxygen atoms in total.